The van der Waals surface area contributed by atoms with Gasteiger partial charge in [-0.15, -0.1) is 0 Å². The number of carbonyl (C=O) groups excluding carboxylic acids is 1. The normalized spacial score (nSPS) is 16.1. The molecule has 3 aromatic rings. The number of aromatic nitrogens is 1. The van der Waals surface area contributed by atoms with Crippen LogP contribution in [0.25, 0.3) is 10.1 Å². The van der Waals surface area contributed by atoms with Gasteiger partial charge in [0.1, 0.15) is 11.9 Å². The van der Waals surface area contributed by atoms with Gasteiger partial charge in [0.25, 0.3) is 5.91 Å². The molecule has 0 radical (unpaired) electrons. The van der Waals surface area contributed by atoms with Gasteiger partial charge in [-0.05, 0) is 54.7 Å². The molecule has 1 atom stereocenters. The molecule has 0 bridgehead atoms. The molecule has 1 aliphatic heterocycles. The van der Waals surface area contributed by atoms with E-state index >= 15 is 0 Å². The molecule has 2 aromatic carbocycles. The van der Waals surface area contributed by atoms with Gasteiger partial charge in [0, 0.05) is 43.8 Å². The summed E-state index contributed by atoms with van der Waals surface area (Å²) in [5.74, 6) is 0.739. The fourth-order valence-corrected chi connectivity index (χ4v) is 4.37. The van der Waals surface area contributed by atoms with Gasteiger partial charge < -0.3 is 15.3 Å². The monoisotopic (exact) mass is 410 g/mol. The second-order valence-corrected chi connectivity index (χ2v) is 8.25. The minimum atomic E-state index is -1.00. The Morgan fingerprint density at radius 1 is 1.14 bits per heavy atom. The number of rotatable bonds is 6. The third-order valence-electron chi connectivity index (χ3n) is 5.35. The van der Waals surface area contributed by atoms with E-state index in [1.807, 2.05) is 24.3 Å². The first-order chi connectivity index (χ1) is 14.1. The zero-order chi connectivity index (χ0) is 20.2. The molecule has 2 heterocycles. The number of benzene rings is 2. The van der Waals surface area contributed by atoms with Gasteiger partial charge in [0.05, 0.1) is 4.70 Å². The van der Waals surface area contributed by atoms with Gasteiger partial charge in [0.2, 0.25) is 0 Å². The van der Waals surface area contributed by atoms with Crippen LogP contribution in [0, 0.1) is 0 Å². The molecule has 2 N–H and O–H groups in total. The van der Waals surface area contributed by atoms with E-state index in [0.717, 1.165) is 45.0 Å². The van der Waals surface area contributed by atoms with Crippen LogP contribution >= 0.6 is 11.5 Å². The number of fused-ring (bicyclic) bond motifs is 1. The average Bonchev–Trinajstić information content (AvgIpc) is 3.18. The lowest BCUT2D eigenvalue weighted by Gasteiger charge is -2.35. The highest BCUT2D eigenvalue weighted by Crippen LogP contribution is 2.29. The number of piperazine rings is 1. The first-order valence-electron chi connectivity index (χ1n) is 10.00. The van der Waals surface area contributed by atoms with Crippen LogP contribution in [0.3, 0.4) is 0 Å². The van der Waals surface area contributed by atoms with Crippen LogP contribution in [0.2, 0.25) is 0 Å². The van der Waals surface area contributed by atoms with E-state index < -0.39 is 6.10 Å². The van der Waals surface area contributed by atoms with Gasteiger partial charge >= 0.3 is 0 Å². The Morgan fingerprint density at radius 3 is 2.59 bits per heavy atom. The highest BCUT2D eigenvalue weighted by Gasteiger charge is 2.20. The number of anilines is 2. The minimum Gasteiger partial charge on any atom is -0.384 e. The van der Waals surface area contributed by atoms with Crippen molar-refractivity contribution in [1.82, 2.24) is 9.27 Å². The first-order valence-corrected chi connectivity index (χ1v) is 10.8. The zero-order valence-electron chi connectivity index (χ0n) is 16.5. The predicted molar refractivity (Wildman–Crippen MR) is 119 cm³/mol. The predicted octanol–water partition coefficient (Wildman–Crippen LogP) is 2.98. The molecule has 6 nitrogen and oxygen atoms in total. The summed E-state index contributed by atoms with van der Waals surface area (Å²) in [5, 5.41) is 13.2. The van der Waals surface area contributed by atoms with Crippen molar-refractivity contribution < 1.29 is 9.90 Å². The van der Waals surface area contributed by atoms with Gasteiger partial charge in [-0.25, -0.2) is 0 Å². The van der Waals surface area contributed by atoms with Crippen molar-refractivity contribution in [3.05, 3.63) is 54.1 Å². The number of aliphatic hydroxyl groups excluding tert-OH is 1. The minimum absolute atomic E-state index is 0.386. The van der Waals surface area contributed by atoms with Crippen LogP contribution in [0.4, 0.5) is 11.5 Å². The SMILES string of the molecule is CC(O)C(=O)Nc1ccc(CCN2CCN(c3nsc4ccccc34)CC2)cc1. The van der Waals surface area contributed by atoms with E-state index in [1.165, 1.54) is 22.6 Å². The third-order valence-corrected chi connectivity index (χ3v) is 6.16. The fourth-order valence-electron chi connectivity index (χ4n) is 3.57. The summed E-state index contributed by atoms with van der Waals surface area (Å²) in [6.45, 7) is 6.55. The number of hydrogen-bond acceptors (Lipinski definition) is 6. The van der Waals surface area contributed by atoms with E-state index in [9.17, 15) is 9.90 Å². The van der Waals surface area contributed by atoms with Crippen molar-refractivity contribution >= 4 is 39.0 Å². The highest BCUT2D eigenvalue weighted by atomic mass is 32.1. The van der Waals surface area contributed by atoms with E-state index in [2.05, 4.69) is 43.8 Å². The van der Waals surface area contributed by atoms with E-state index in [1.54, 1.807) is 11.5 Å². The van der Waals surface area contributed by atoms with Crippen LogP contribution in [-0.4, -0.2) is 59.1 Å². The second kappa shape index (κ2) is 8.90. The molecule has 1 unspecified atom stereocenters. The molecule has 1 amide bonds. The number of aliphatic hydroxyl groups is 1. The molecule has 1 saturated heterocycles. The molecule has 29 heavy (non-hydrogen) atoms. The van der Waals surface area contributed by atoms with Crippen molar-refractivity contribution in [2.45, 2.75) is 19.4 Å². The Hall–Kier alpha value is -2.48. The summed E-state index contributed by atoms with van der Waals surface area (Å²) in [6, 6.07) is 16.3. The lowest BCUT2D eigenvalue weighted by atomic mass is 10.1. The number of amides is 1. The number of nitrogens with zero attached hydrogens (tertiary/aromatic N) is 3. The molecule has 0 spiro atoms. The summed E-state index contributed by atoms with van der Waals surface area (Å²) in [4.78, 5) is 16.4. The van der Waals surface area contributed by atoms with E-state index in [4.69, 9.17) is 0 Å². The zero-order valence-corrected chi connectivity index (χ0v) is 17.4. The third kappa shape index (κ3) is 4.75. The molecule has 0 aliphatic carbocycles. The van der Waals surface area contributed by atoms with E-state index in [0.29, 0.717) is 5.69 Å². The highest BCUT2D eigenvalue weighted by molar-refractivity contribution is 7.13. The molecule has 1 fully saturated rings. The molecule has 1 aromatic heterocycles. The summed E-state index contributed by atoms with van der Waals surface area (Å²) in [5.41, 5.74) is 1.96. The standard InChI is InChI=1S/C22H26N4O2S/c1-16(27)22(28)23-18-8-6-17(7-9-18)10-11-25-12-14-26(15-13-25)21-19-4-2-3-5-20(19)29-24-21/h2-9,16,27H,10-15H2,1H3,(H,23,28). The quantitative estimate of drug-likeness (QED) is 0.654. The van der Waals surface area contributed by atoms with Crippen molar-refractivity contribution in [3.63, 3.8) is 0 Å². The molecular weight excluding hydrogens is 384 g/mol. The van der Waals surface area contributed by atoms with Crippen molar-refractivity contribution in [1.29, 1.82) is 0 Å². The molecular formula is C22H26N4O2S. The van der Waals surface area contributed by atoms with Crippen LogP contribution in [0.5, 0.6) is 0 Å². The number of carbonyl (C=O) groups is 1. The first kappa shape index (κ1) is 19.8. The maximum atomic E-state index is 11.5. The van der Waals surface area contributed by atoms with Crippen LogP contribution in [0.1, 0.15) is 12.5 Å². The average molecular weight is 411 g/mol. The Labute approximate surface area is 174 Å². The Kier molecular flexibility index (Phi) is 6.08. The topological polar surface area (TPSA) is 68.7 Å². The van der Waals surface area contributed by atoms with Crippen molar-refractivity contribution in [2.75, 3.05) is 42.9 Å². The molecule has 4 rings (SSSR count). The second-order valence-electron chi connectivity index (χ2n) is 7.44. The Morgan fingerprint density at radius 2 is 1.86 bits per heavy atom. The smallest absolute Gasteiger partial charge is 0.252 e. The van der Waals surface area contributed by atoms with Crippen molar-refractivity contribution in [2.24, 2.45) is 0 Å². The summed E-state index contributed by atoms with van der Waals surface area (Å²) < 4.78 is 5.93. The Bertz CT molecular complexity index is 962. The largest absolute Gasteiger partial charge is 0.384 e. The molecule has 152 valence electrons. The van der Waals surface area contributed by atoms with E-state index in [-0.39, 0.29) is 5.91 Å². The summed E-state index contributed by atoms with van der Waals surface area (Å²) in [6.07, 6.45) is -0.0276. The van der Waals surface area contributed by atoms with Crippen LogP contribution in [0.15, 0.2) is 48.5 Å². The molecule has 7 heteroatoms. The lowest BCUT2D eigenvalue weighted by molar-refractivity contribution is -0.123. The van der Waals surface area contributed by atoms with Crippen LogP contribution in [-0.2, 0) is 11.2 Å². The van der Waals surface area contributed by atoms with Gasteiger partial charge in [0.15, 0.2) is 0 Å². The van der Waals surface area contributed by atoms with Crippen LogP contribution < -0.4 is 10.2 Å². The number of nitrogens with one attached hydrogen (secondary N) is 1. The Balaban J connectivity index is 1.26. The fraction of sp³-hybridized carbons (Fsp3) is 0.364. The summed E-state index contributed by atoms with van der Waals surface area (Å²) >= 11 is 1.58. The van der Waals surface area contributed by atoms with Gasteiger partial charge in [-0.2, -0.15) is 4.37 Å². The van der Waals surface area contributed by atoms with Gasteiger partial charge in [-0.1, -0.05) is 24.3 Å². The molecule has 0 saturated carbocycles. The maximum absolute atomic E-state index is 11.5. The molecule has 1 aliphatic rings. The lowest BCUT2D eigenvalue weighted by Crippen LogP contribution is -2.47. The summed E-state index contributed by atoms with van der Waals surface area (Å²) in [7, 11) is 0. The number of hydrogen-bond donors (Lipinski definition) is 2. The van der Waals surface area contributed by atoms with Gasteiger partial charge in [-0.3, -0.25) is 9.69 Å². The maximum Gasteiger partial charge on any atom is 0.252 e. The van der Waals surface area contributed by atoms with Crippen molar-refractivity contribution in [3.8, 4) is 0 Å².